The Balaban J connectivity index is 3.10. The van der Waals surface area contributed by atoms with E-state index >= 15 is 0 Å². The van der Waals surface area contributed by atoms with Gasteiger partial charge in [-0.25, -0.2) is 21.9 Å². The first-order valence-electron chi connectivity index (χ1n) is 5.55. The van der Waals surface area contributed by atoms with Crippen molar-refractivity contribution in [2.24, 2.45) is 5.73 Å². The highest BCUT2D eigenvalue weighted by Crippen LogP contribution is 2.22. The minimum Gasteiger partial charge on any atom is -0.497 e. The van der Waals surface area contributed by atoms with E-state index in [1.807, 2.05) is 4.72 Å². The van der Waals surface area contributed by atoms with Crippen LogP contribution in [-0.4, -0.2) is 35.0 Å². The molecule has 0 aliphatic rings. The molecule has 1 rings (SSSR count). The van der Waals surface area contributed by atoms with E-state index in [1.165, 1.54) is 25.3 Å². The Labute approximate surface area is 110 Å². The second-order valence-electron chi connectivity index (χ2n) is 3.76. The molecule has 0 amide bonds. The van der Waals surface area contributed by atoms with E-state index in [2.05, 4.69) is 0 Å². The summed E-state index contributed by atoms with van der Waals surface area (Å²) in [6.07, 6.45) is -2.44. The van der Waals surface area contributed by atoms with E-state index in [9.17, 15) is 17.2 Å². The maximum Gasteiger partial charge on any atom is 0.251 e. The Hall–Kier alpha value is -1.25. The smallest absolute Gasteiger partial charge is 0.251 e. The van der Waals surface area contributed by atoms with Crippen LogP contribution in [0.5, 0.6) is 5.75 Å². The maximum atomic E-state index is 12.1. The zero-order chi connectivity index (χ0) is 14.5. The Kier molecular flexibility index (Phi) is 5.64. The lowest BCUT2D eigenvalue weighted by atomic mass is 10.1. The molecule has 1 aromatic carbocycles. The number of rotatable bonds is 7. The number of hydrogen-bond donors (Lipinski definition) is 2. The predicted molar refractivity (Wildman–Crippen MR) is 66.9 cm³/mol. The molecule has 0 bridgehead atoms. The molecule has 0 heterocycles. The molecule has 0 radical (unpaired) electrons. The van der Waals surface area contributed by atoms with E-state index in [1.54, 1.807) is 0 Å². The van der Waals surface area contributed by atoms with Crippen molar-refractivity contribution in [3.8, 4) is 5.75 Å². The van der Waals surface area contributed by atoms with Crippen molar-refractivity contribution in [3.63, 3.8) is 0 Å². The molecule has 0 atom stereocenters. The molecule has 0 aliphatic heterocycles. The number of halogens is 2. The van der Waals surface area contributed by atoms with Crippen molar-refractivity contribution in [1.29, 1.82) is 0 Å². The molecule has 108 valence electrons. The Bertz CT molecular complexity index is 521. The van der Waals surface area contributed by atoms with Gasteiger partial charge in [0.25, 0.3) is 6.43 Å². The number of ether oxygens (including phenoxy) is 1. The third kappa shape index (κ3) is 4.41. The Morgan fingerprint density at radius 1 is 1.42 bits per heavy atom. The lowest BCUT2D eigenvalue weighted by Gasteiger charge is -2.12. The average molecular weight is 294 g/mol. The van der Waals surface area contributed by atoms with Gasteiger partial charge < -0.3 is 10.5 Å². The van der Waals surface area contributed by atoms with Gasteiger partial charge in [-0.15, -0.1) is 0 Å². The molecule has 0 aliphatic carbocycles. The molecule has 3 N–H and O–H groups in total. The summed E-state index contributed by atoms with van der Waals surface area (Å²) in [6, 6.07) is 4.30. The molecule has 8 heteroatoms. The summed E-state index contributed by atoms with van der Waals surface area (Å²) >= 11 is 0. The molecular weight excluding hydrogens is 278 g/mol. The van der Waals surface area contributed by atoms with E-state index in [0.29, 0.717) is 17.7 Å². The predicted octanol–water partition coefficient (Wildman–Crippen LogP) is 0.740. The van der Waals surface area contributed by atoms with Crippen LogP contribution in [0, 0.1) is 0 Å². The second-order valence-corrected chi connectivity index (χ2v) is 5.49. The van der Waals surface area contributed by atoms with Gasteiger partial charge in [-0.1, -0.05) is 0 Å². The molecule has 0 spiro atoms. The zero-order valence-corrected chi connectivity index (χ0v) is 11.2. The van der Waals surface area contributed by atoms with Gasteiger partial charge in [0.2, 0.25) is 10.0 Å². The number of sulfonamides is 1. The van der Waals surface area contributed by atoms with Crippen LogP contribution in [-0.2, 0) is 16.4 Å². The minimum absolute atomic E-state index is 0.0561. The van der Waals surface area contributed by atoms with Crippen LogP contribution in [0.2, 0.25) is 0 Å². The molecule has 0 fully saturated rings. The average Bonchev–Trinajstić information content (AvgIpc) is 2.36. The van der Waals surface area contributed by atoms with Crippen molar-refractivity contribution in [1.82, 2.24) is 4.72 Å². The molecular formula is C11H16F2N2O3S. The fraction of sp³-hybridized carbons (Fsp3) is 0.455. The van der Waals surface area contributed by atoms with Gasteiger partial charge in [-0.05, 0) is 36.7 Å². The van der Waals surface area contributed by atoms with Gasteiger partial charge in [0, 0.05) is 0 Å². The summed E-state index contributed by atoms with van der Waals surface area (Å²) < 4.78 is 54.8. The van der Waals surface area contributed by atoms with Gasteiger partial charge in [0.05, 0.1) is 18.6 Å². The number of hydrogen-bond acceptors (Lipinski definition) is 4. The van der Waals surface area contributed by atoms with Gasteiger partial charge in [0.1, 0.15) is 5.75 Å². The summed E-state index contributed by atoms with van der Waals surface area (Å²) in [6.45, 7) is -0.680. The van der Waals surface area contributed by atoms with Crippen LogP contribution in [0.25, 0.3) is 0 Å². The number of alkyl halides is 2. The maximum absolute atomic E-state index is 12.1. The van der Waals surface area contributed by atoms with E-state index in [0.717, 1.165) is 0 Å². The van der Waals surface area contributed by atoms with E-state index in [4.69, 9.17) is 10.5 Å². The SMILES string of the molecule is COc1ccc(S(=O)(=O)NCC(F)F)c(CCN)c1. The minimum atomic E-state index is -3.97. The standard InChI is InChI=1S/C11H16F2N2O3S/c1-18-9-2-3-10(8(6-9)4-5-14)19(16,17)15-7-11(12)13/h2-3,6,11,15H,4-5,7,14H2,1H3. The number of nitrogens with two attached hydrogens (primary N) is 1. The molecule has 5 nitrogen and oxygen atoms in total. The lowest BCUT2D eigenvalue weighted by Crippen LogP contribution is -2.29. The van der Waals surface area contributed by atoms with Crippen LogP contribution in [0.4, 0.5) is 8.78 Å². The summed E-state index contributed by atoms with van der Waals surface area (Å²) in [5.74, 6) is 0.483. The van der Waals surface area contributed by atoms with Crippen molar-refractivity contribution in [2.45, 2.75) is 17.7 Å². The molecule has 0 aromatic heterocycles. The Morgan fingerprint density at radius 3 is 2.63 bits per heavy atom. The zero-order valence-electron chi connectivity index (χ0n) is 10.4. The van der Waals surface area contributed by atoms with Crippen molar-refractivity contribution >= 4 is 10.0 Å². The number of methoxy groups -OCH3 is 1. The van der Waals surface area contributed by atoms with Crippen LogP contribution in [0.3, 0.4) is 0 Å². The first-order valence-corrected chi connectivity index (χ1v) is 7.04. The number of nitrogens with one attached hydrogen (secondary N) is 1. The topological polar surface area (TPSA) is 81.4 Å². The van der Waals surface area contributed by atoms with Gasteiger partial charge in [0.15, 0.2) is 0 Å². The lowest BCUT2D eigenvalue weighted by molar-refractivity contribution is 0.153. The van der Waals surface area contributed by atoms with E-state index in [-0.39, 0.29) is 11.4 Å². The largest absolute Gasteiger partial charge is 0.497 e. The molecule has 19 heavy (non-hydrogen) atoms. The van der Waals surface area contributed by atoms with Gasteiger partial charge >= 0.3 is 0 Å². The van der Waals surface area contributed by atoms with Crippen molar-refractivity contribution < 1.29 is 21.9 Å². The van der Waals surface area contributed by atoms with Crippen LogP contribution < -0.4 is 15.2 Å². The quantitative estimate of drug-likeness (QED) is 0.777. The third-order valence-electron chi connectivity index (χ3n) is 2.40. The van der Waals surface area contributed by atoms with Crippen molar-refractivity contribution in [2.75, 3.05) is 20.2 Å². The highest BCUT2D eigenvalue weighted by molar-refractivity contribution is 7.89. The van der Waals surface area contributed by atoms with Crippen LogP contribution in [0.15, 0.2) is 23.1 Å². The van der Waals surface area contributed by atoms with Crippen LogP contribution >= 0.6 is 0 Å². The fourth-order valence-corrected chi connectivity index (χ4v) is 2.80. The van der Waals surface area contributed by atoms with Gasteiger partial charge in [-0.2, -0.15) is 0 Å². The molecule has 1 aromatic rings. The Morgan fingerprint density at radius 2 is 2.11 bits per heavy atom. The highest BCUT2D eigenvalue weighted by Gasteiger charge is 2.20. The first-order chi connectivity index (χ1) is 8.90. The second kappa shape index (κ2) is 6.78. The van der Waals surface area contributed by atoms with Crippen LogP contribution in [0.1, 0.15) is 5.56 Å². The summed E-state index contributed by atoms with van der Waals surface area (Å²) in [4.78, 5) is -0.0561. The normalized spacial score (nSPS) is 11.8. The summed E-state index contributed by atoms with van der Waals surface area (Å²) in [5, 5.41) is 0. The number of benzene rings is 1. The summed E-state index contributed by atoms with van der Waals surface area (Å²) in [5.41, 5.74) is 5.84. The monoisotopic (exact) mass is 294 g/mol. The van der Waals surface area contributed by atoms with Crippen molar-refractivity contribution in [3.05, 3.63) is 23.8 Å². The third-order valence-corrected chi connectivity index (χ3v) is 3.92. The summed E-state index contributed by atoms with van der Waals surface area (Å²) in [7, 11) is -2.53. The fourth-order valence-electron chi connectivity index (χ4n) is 1.55. The van der Waals surface area contributed by atoms with Gasteiger partial charge in [-0.3, -0.25) is 0 Å². The molecule has 0 saturated carbocycles. The molecule has 0 unspecified atom stereocenters. The highest BCUT2D eigenvalue weighted by atomic mass is 32.2. The first kappa shape index (κ1) is 15.8. The van der Waals surface area contributed by atoms with E-state index < -0.39 is 23.0 Å². The molecule has 0 saturated heterocycles.